The average molecular weight is 297 g/mol. The van der Waals surface area contributed by atoms with Gasteiger partial charge in [-0.1, -0.05) is 62.4 Å². The van der Waals surface area contributed by atoms with Gasteiger partial charge < -0.3 is 10.0 Å². The van der Waals surface area contributed by atoms with Crippen LogP contribution in [0.1, 0.15) is 35.9 Å². The molecular formula is C19H23NO2. The summed E-state index contributed by atoms with van der Waals surface area (Å²) in [6, 6.07) is 18.8. The molecule has 0 saturated heterocycles. The summed E-state index contributed by atoms with van der Waals surface area (Å²) in [5, 5.41) is 10.6. The normalized spacial score (nSPS) is 12.7. The quantitative estimate of drug-likeness (QED) is 0.917. The lowest BCUT2D eigenvalue weighted by Crippen LogP contribution is -2.39. The number of carbonyl (C=O) groups is 1. The summed E-state index contributed by atoms with van der Waals surface area (Å²) in [5.41, 5.74) is 1.09. The molecule has 0 fully saturated rings. The summed E-state index contributed by atoms with van der Waals surface area (Å²) in [5.74, 6) is -0.0334. The average Bonchev–Trinajstić information content (AvgIpc) is 2.54. The molecule has 0 aliphatic rings. The fourth-order valence-electron chi connectivity index (χ4n) is 2.66. The predicted octanol–water partition coefficient (Wildman–Crippen LogP) is 3.52. The number of aliphatic hydroxyl groups is 1. The van der Waals surface area contributed by atoms with Crippen molar-refractivity contribution >= 4 is 5.91 Å². The molecule has 0 radical (unpaired) electrons. The Hall–Kier alpha value is -2.13. The summed E-state index contributed by atoms with van der Waals surface area (Å²) < 4.78 is 0. The molecule has 0 aromatic heterocycles. The third-order valence-corrected chi connectivity index (χ3v) is 3.87. The highest BCUT2D eigenvalue weighted by atomic mass is 16.3. The molecule has 0 spiro atoms. The van der Waals surface area contributed by atoms with Crippen LogP contribution < -0.4 is 0 Å². The topological polar surface area (TPSA) is 40.5 Å². The molecule has 22 heavy (non-hydrogen) atoms. The van der Waals surface area contributed by atoms with Crippen molar-refractivity contribution in [1.82, 2.24) is 4.90 Å². The summed E-state index contributed by atoms with van der Waals surface area (Å²) in [4.78, 5) is 14.1. The minimum absolute atomic E-state index is 0.0334. The van der Waals surface area contributed by atoms with Crippen molar-refractivity contribution in [3.8, 4) is 0 Å². The summed E-state index contributed by atoms with van der Waals surface area (Å²) in [7, 11) is 1.77. The molecule has 3 heteroatoms. The Morgan fingerprint density at radius 3 is 2.09 bits per heavy atom. The number of rotatable bonds is 5. The largest absolute Gasteiger partial charge is 0.388 e. The number of amides is 1. The van der Waals surface area contributed by atoms with E-state index in [2.05, 4.69) is 0 Å². The van der Waals surface area contributed by atoms with Crippen molar-refractivity contribution in [2.45, 2.75) is 20.0 Å². The smallest absolute Gasteiger partial charge is 0.253 e. The number of nitrogens with zero attached hydrogens (tertiary/aromatic N) is 1. The van der Waals surface area contributed by atoms with Gasteiger partial charge in [-0.25, -0.2) is 0 Å². The van der Waals surface area contributed by atoms with E-state index in [4.69, 9.17) is 0 Å². The van der Waals surface area contributed by atoms with Gasteiger partial charge >= 0.3 is 0 Å². The standard InChI is InChI=1S/C19H23NO2/c1-19(2,17(21)15-10-6-4-7-11-15)14-20(3)18(22)16-12-8-5-9-13-16/h4-13,17,21H,14H2,1-3H3/t17-/m1/s1. The number of hydrogen-bond donors (Lipinski definition) is 1. The van der Waals surface area contributed by atoms with E-state index in [9.17, 15) is 9.90 Å². The Bertz CT molecular complexity index is 608. The molecule has 116 valence electrons. The van der Waals surface area contributed by atoms with Crippen molar-refractivity contribution in [3.05, 3.63) is 71.8 Å². The Morgan fingerprint density at radius 2 is 1.55 bits per heavy atom. The third-order valence-electron chi connectivity index (χ3n) is 3.87. The number of hydrogen-bond acceptors (Lipinski definition) is 2. The van der Waals surface area contributed by atoms with Gasteiger partial charge in [0, 0.05) is 24.6 Å². The van der Waals surface area contributed by atoms with Crippen molar-refractivity contribution in [3.63, 3.8) is 0 Å². The molecule has 2 aromatic rings. The highest BCUT2D eigenvalue weighted by Crippen LogP contribution is 2.34. The van der Waals surface area contributed by atoms with Gasteiger partial charge in [-0.15, -0.1) is 0 Å². The molecule has 0 aliphatic carbocycles. The molecular weight excluding hydrogens is 274 g/mol. The van der Waals surface area contributed by atoms with E-state index in [1.54, 1.807) is 24.1 Å². The monoisotopic (exact) mass is 297 g/mol. The van der Waals surface area contributed by atoms with Gasteiger partial charge in [-0.05, 0) is 17.7 Å². The number of benzene rings is 2. The first-order valence-electron chi connectivity index (χ1n) is 7.45. The molecule has 1 atom stereocenters. The highest BCUT2D eigenvalue weighted by Gasteiger charge is 2.31. The van der Waals surface area contributed by atoms with Gasteiger partial charge in [0.2, 0.25) is 0 Å². The highest BCUT2D eigenvalue weighted by molar-refractivity contribution is 5.94. The Balaban J connectivity index is 2.09. The fourth-order valence-corrected chi connectivity index (χ4v) is 2.66. The molecule has 0 unspecified atom stereocenters. The second-order valence-corrected chi connectivity index (χ2v) is 6.33. The van der Waals surface area contributed by atoms with E-state index in [0.29, 0.717) is 12.1 Å². The first-order chi connectivity index (χ1) is 10.4. The van der Waals surface area contributed by atoms with E-state index in [0.717, 1.165) is 5.56 Å². The van der Waals surface area contributed by atoms with Crippen LogP contribution in [0.15, 0.2) is 60.7 Å². The second-order valence-electron chi connectivity index (χ2n) is 6.33. The third kappa shape index (κ3) is 3.74. The van der Waals surface area contributed by atoms with Gasteiger partial charge in [0.1, 0.15) is 0 Å². The maximum atomic E-state index is 12.4. The van der Waals surface area contributed by atoms with Gasteiger partial charge in [0.05, 0.1) is 6.10 Å². The van der Waals surface area contributed by atoms with Crippen LogP contribution in [0, 0.1) is 5.41 Å². The molecule has 3 nitrogen and oxygen atoms in total. The van der Waals surface area contributed by atoms with Crippen molar-refractivity contribution in [1.29, 1.82) is 0 Å². The Morgan fingerprint density at radius 1 is 1.05 bits per heavy atom. The van der Waals surface area contributed by atoms with Crippen LogP contribution in [-0.4, -0.2) is 29.5 Å². The molecule has 0 saturated carbocycles. The van der Waals surface area contributed by atoms with E-state index in [1.165, 1.54) is 0 Å². The van der Waals surface area contributed by atoms with Crippen molar-refractivity contribution in [2.75, 3.05) is 13.6 Å². The van der Waals surface area contributed by atoms with E-state index in [1.807, 2.05) is 62.4 Å². The second kappa shape index (κ2) is 6.75. The van der Waals surface area contributed by atoms with Gasteiger partial charge in [0.15, 0.2) is 0 Å². The zero-order valence-corrected chi connectivity index (χ0v) is 13.4. The van der Waals surface area contributed by atoms with Crippen LogP contribution >= 0.6 is 0 Å². The summed E-state index contributed by atoms with van der Waals surface area (Å²) in [6.07, 6.45) is -0.625. The molecule has 2 rings (SSSR count). The fraction of sp³-hybridized carbons (Fsp3) is 0.316. The minimum Gasteiger partial charge on any atom is -0.388 e. The lowest BCUT2D eigenvalue weighted by Gasteiger charge is -2.34. The van der Waals surface area contributed by atoms with Gasteiger partial charge in [0.25, 0.3) is 5.91 Å². The van der Waals surface area contributed by atoms with Crippen LogP contribution in [0.3, 0.4) is 0 Å². The number of carbonyl (C=O) groups excluding carboxylic acids is 1. The van der Waals surface area contributed by atoms with Crippen molar-refractivity contribution in [2.24, 2.45) is 5.41 Å². The molecule has 0 bridgehead atoms. The van der Waals surface area contributed by atoms with Crippen LogP contribution in [0.2, 0.25) is 0 Å². The first kappa shape index (κ1) is 16.2. The molecule has 2 aromatic carbocycles. The van der Waals surface area contributed by atoms with E-state index >= 15 is 0 Å². The lowest BCUT2D eigenvalue weighted by molar-refractivity contribution is 0.0243. The molecule has 0 heterocycles. The zero-order chi connectivity index (χ0) is 16.2. The lowest BCUT2D eigenvalue weighted by atomic mass is 9.82. The van der Waals surface area contributed by atoms with Crippen LogP contribution in [0.25, 0.3) is 0 Å². The molecule has 1 amide bonds. The van der Waals surface area contributed by atoms with Crippen molar-refractivity contribution < 1.29 is 9.90 Å². The summed E-state index contributed by atoms with van der Waals surface area (Å²) in [6.45, 7) is 4.41. The van der Waals surface area contributed by atoms with Crippen LogP contribution in [0.4, 0.5) is 0 Å². The minimum atomic E-state index is -0.625. The van der Waals surface area contributed by atoms with E-state index in [-0.39, 0.29) is 5.91 Å². The SMILES string of the molecule is CN(CC(C)(C)[C@H](O)c1ccccc1)C(=O)c1ccccc1. The Labute approximate surface area is 132 Å². The zero-order valence-electron chi connectivity index (χ0n) is 13.4. The predicted molar refractivity (Wildman–Crippen MR) is 88.6 cm³/mol. The van der Waals surface area contributed by atoms with Gasteiger partial charge in [-0.3, -0.25) is 4.79 Å². The molecule has 1 N–H and O–H groups in total. The van der Waals surface area contributed by atoms with Crippen LogP contribution in [0.5, 0.6) is 0 Å². The maximum absolute atomic E-state index is 12.4. The van der Waals surface area contributed by atoms with Gasteiger partial charge in [-0.2, -0.15) is 0 Å². The first-order valence-corrected chi connectivity index (χ1v) is 7.45. The van der Waals surface area contributed by atoms with Crippen LogP contribution in [-0.2, 0) is 0 Å². The Kier molecular flexibility index (Phi) is 4.99. The number of aliphatic hydroxyl groups excluding tert-OH is 1. The van der Waals surface area contributed by atoms with E-state index < -0.39 is 11.5 Å². The summed E-state index contributed by atoms with van der Waals surface area (Å²) >= 11 is 0. The maximum Gasteiger partial charge on any atom is 0.253 e. The molecule has 0 aliphatic heterocycles.